The lowest BCUT2D eigenvalue weighted by Crippen LogP contribution is -2.59. The summed E-state index contributed by atoms with van der Waals surface area (Å²) < 4.78 is 35.7. The number of fused-ring (bicyclic) bond motifs is 3. The predicted molar refractivity (Wildman–Crippen MR) is 195 cm³/mol. The molecule has 6 rings (SSSR count). The van der Waals surface area contributed by atoms with Crippen molar-refractivity contribution in [1.29, 1.82) is 5.26 Å². The summed E-state index contributed by atoms with van der Waals surface area (Å²) in [6, 6.07) is 22.4. The van der Waals surface area contributed by atoms with Crippen molar-refractivity contribution in [3.05, 3.63) is 94.0 Å². The number of nitrogens with one attached hydrogen (secondary N) is 2. The van der Waals surface area contributed by atoms with Gasteiger partial charge in [0, 0.05) is 35.2 Å². The molecular formula is C39H45ClN4O5S. The van der Waals surface area contributed by atoms with E-state index in [-0.39, 0.29) is 29.2 Å². The number of carbonyl (C=O) groups excluding carboxylic acids is 2. The fourth-order valence-electron chi connectivity index (χ4n) is 7.70. The number of amides is 2. The Bertz CT molecular complexity index is 1880. The van der Waals surface area contributed by atoms with Crippen molar-refractivity contribution in [3.8, 4) is 11.8 Å². The maximum Gasteiger partial charge on any atom is 0.264 e. The van der Waals surface area contributed by atoms with Gasteiger partial charge in [0.25, 0.3) is 11.8 Å². The monoisotopic (exact) mass is 716 g/mol. The van der Waals surface area contributed by atoms with E-state index in [0.717, 1.165) is 43.2 Å². The molecule has 1 aliphatic carbocycles. The molecule has 9 nitrogen and oxygen atoms in total. The Kier molecular flexibility index (Phi) is 10.8. The Morgan fingerprint density at radius 3 is 2.56 bits per heavy atom. The summed E-state index contributed by atoms with van der Waals surface area (Å²) in [7, 11) is -4.02. The fraction of sp³-hybridized carbons (Fsp3) is 0.462. The Balaban J connectivity index is 1.41. The van der Waals surface area contributed by atoms with Crippen LogP contribution in [0.15, 0.2) is 66.7 Å². The van der Waals surface area contributed by atoms with Gasteiger partial charge in [0.15, 0.2) is 0 Å². The molecule has 2 aliphatic heterocycles. The molecule has 2 N–H and O–H groups in total. The van der Waals surface area contributed by atoms with Crippen molar-refractivity contribution in [2.24, 2.45) is 17.8 Å². The minimum Gasteiger partial charge on any atom is -0.487 e. The Morgan fingerprint density at radius 1 is 1.02 bits per heavy atom. The molecule has 3 aromatic rings. The maximum absolute atomic E-state index is 13.6. The maximum atomic E-state index is 13.6. The first-order valence-corrected chi connectivity index (χ1v) is 19.6. The zero-order valence-corrected chi connectivity index (χ0v) is 30.2. The SMILES string of the molecule is C[C@@H]1[C@@H](C)CCC[C@@](C#N)(NC(=O)c2ccccc2)[C@@H]2CC[C@H]2CN2CCCCc3cc(Cl)ccc3COc3ccc(cc32)C(=O)NS1(=O)=O. The minimum atomic E-state index is -4.02. The van der Waals surface area contributed by atoms with Gasteiger partial charge in [-0.1, -0.05) is 42.8 Å². The van der Waals surface area contributed by atoms with Crippen LogP contribution in [0.25, 0.3) is 0 Å². The number of rotatable bonds is 2. The number of nitrogens with zero attached hydrogens (tertiary/aromatic N) is 2. The van der Waals surface area contributed by atoms with Gasteiger partial charge in [0.2, 0.25) is 10.0 Å². The third kappa shape index (κ3) is 7.64. The summed E-state index contributed by atoms with van der Waals surface area (Å²) in [5, 5.41) is 13.9. The van der Waals surface area contributed by atoms with E-state index in [0.29, 0.717) is 61.0 Å². The van der Waals surface area contributed by atoms with Gasteiger partial charge in [0.05, 0.1) is 17.0 Å². The lowest BCUT2D eigenvalue weighted by atomic mass is 9.61. The molecule has 1 saturated carbocycles. The normalized spacial score (nSPS) is 27.0. The lowest BCUT2D eigenvalue weighted by molar-refractivity contribution is 0.0645. The number of sulfonamides is 1. The summed E-state index contributed by atoms with van der Waals surface area (Å²) in [5.41, 5.74) is 2.44. The van der Waals surface area contributed by atoms with Gasteiger partial charge in [0.1, 0.15) is 17.9 Å². The van der Waals surface area contributed by atoms with Crippen molar-refractivity contribution in [2.45, 2.75) is 82.6 Å². The summed E-state index contributed by atoms with van der Waals surface area (Å²) in [6.07, 6.45) is 5.67. The highest BCUT2D eigenvalue weighted by Gasteiger charge is 2.49. The molecular weight excluding hydrogens is 672 g/mol. The number of hydrogen-bond acceptors (Lipinski definition) is 7. The predicted octanol–water partition coefficient (Wildman–Crippen LogP) is 7.05. The summed E-state index contributed by atoms with van der Waals surface area (Å²) in [5.74, 6) is -0.735. The van der Waals surface area contributed by atoms with E-state index in [9.17, 15) is 23.3 Å². The lowest BCUT2D eigenvalue weighted by Gasteiger charge is -2.49. The molecule has 0 saturated heterocycles. The number of ether oxygens (including phenoxy) is 1. The van der Waals surface area contributed by atoms with Crippen LogP contribution in [0.1, 0.15) is 90.6 Å². The zero-order chi connectivity index (χ0) is 35.5. The zero-order valence-electron chi connectivity index (χ0n) is 28.7. The third-order valence-corrected chi connectivity index (χ3v) is 13.2. The molecule has 0 unspecified atom stereocenters. The number of carbonyl (C=O) groups is 2. The highest BCUT2D eigenvalue weighted by molar-refractivity contribution is 7.90. The van der Waals surface area contributed by atoms with E-state index in [1.807, 2.05) is 31.2 Å². The molecule has 0 aromatic heterocycles. The number of benzene rings is 3. The van der Waals surface area contributed by atoms with Gasteiger partial charge in [-0.3, -0.25) is 9.59 Å². The highest BCUT2D eigenvalue weighted by Crippen LogP contribution is 2.46. The summed E-state index contributed by atoms with van der Waals surface area (Å²) >= 11 is 6.36. The number of nitriles is 1. The molecule has 2 amide bonds. The first-order chi connectivity index (χ1) is 24.0. The average molecular weight is 717 g/mol. The fourth-order valence-corrected chi connectivity index (χ4v) is 9.20. The van der Waals surface area contributed by atoms with Crippen LogP contribution in [-0.4, -0.2) is 44.1 Å². The van der Waals surface area contributed by atoms with E-state index >= 15 is 0 Å². The second-order valence-corrected chi connectivity index (χ2v) is 16.7. The molecule has 1 fully saturated rings. The first-order valence-electron chi connectivity index (χ1n) is 17.6. The van der Waals surface area contributed by atoms with Gasteiger partial charge >= 0.3 is 0 Å². The van der Waals surface area contributed by atoms with Crippen LogP contribution in [-0.2, 0) is 23.1 Å². The number of hydrogen-bond donors (Lipinski definition) is 2. The van der Waals surface area contributed by atoms with Crippen LogP contribution in [0.5, 0.6) is 5.75 Å². The second-order valence-electron chi connectivity index (χ2n) is 14.2. The van der Waals surface area contributed by atoms with E-state index in [4.69, 9.17) is 16.3 Å². The third-order valence-electron chi connectivity index (χ3n) is 11.1. The number of anilines is 1. The molecule has 3 aliphatic rings. The average Bonchev–Trinajstić information content (AvgIpc) is 3.12. The molecule has 11 heteroatoms. The molecule has 264 valence electrons. The molecule has 5 atom stereocenters. The molecule has 0 spiro atoms. The van der Waals surface area contributed by atoms with Crippen molar-refractivity contribution in [2.75, 3.05) is 18.0 Å². The largest absolute Gasteiger partial charge is 0.487 e. The Labute approximate surface area is 300 Å². The quantitative estimate of drug-likeness (QED) is 0.291. The van der Waals surface area contributed by atoms with E-state index in [1.54, 1.807) is 49.4 Å². The topological polar surface area (TPSA) is 129 Å². The van der Waals surface area contributed by atoms with Crippen molar-refractivity contribution < 1.29 is 22.7 Å². The summed E-state index contributed by atoms with van der Waals surface area (Å²) in [6.45, 7) is 5.00. The Hall–Kier alpha value is -4.07. The van der Waals surface area contributed by atoms with E-state index in [1.165, 1.54) is 0 Å². The number of halogens is 1. The smallest absolute Gasteiger partial charge is 0.264 e. The van der Waals surface area contributed by atoms with Crippen LogP contribution < -0.4 is 19.7 Å². The van der Waals surface area contributed by atoms with Gasteiger partial charge < -0.3 is 15.0 Å². The first kappa shape index (κ1) is 35.7. The highest BCUT2D eigenvalue weighted by atomic mass is 35.5. The standard InChI is InChI=1S/C39H45ClN4O5S/c1-26-9-8-19-39(25-41,42-37(45)28-10-4-3-5-11-28)34-17-14-31(34)23-44-20-7-6-12-29-21-33(40)16-13-32(29)24-49-36-18-15-30(22-35(36)44)38(46)43-50(47,48)27(26)2/h3-5,10-11,13,15-16,18,21-22,26-27,31,34H,6-9,12,14,17,19-20,23-24H2,1-2H3,(H,42,45)(H,43,46)/t26-,27+,31-,34+,39-/m0/s1. The van der Waals surface area contributed by atoms with Gasteiger partial charge in [-0.05, 0) is 124 Å². The second kappa shape index (κ2) is 15.0. The van der Waals surface area contributed by atoms with Crippen molar-refractivity contribution in [1.82, 2.24) is 10.0 Å². The minimum absolute atomic E-state index is 0.0850. The van der Waals surface area contributed by atoms with Crippen molar-refractivity contribution >= 4 is 39.1 Å². The van der Waals surface area contributed by atoms with Gasteiger partial charge in [-0.2, -0.15) is 5.26 Å². The molecule has 50 heavy (non-hydrogen) atoms. The number of aryl methyl sites for hydroxylation is 1. The molecule has 2 heterocycles. The van der Waals surface area contributed by atoms with E-state index < -0.39 is 26.7 Å². The van der Waals surface area contributed by atoms with E-state index in [2.05, 4.69) is 21.0 Å². The van der Waals surface area contributed by atoms with Crippen LogP contribution in [0, 0.1) is 29.1 Å². The van der Waals surface area contributed by atoms with Crippen LogP contribution in [0.3, 0.4) is 0 Å². The van der Waals surface area contributed by atoms with Gasteiger partial charge in [-0.15, -0.1) is 0 Å². The van der Waals surface area contributed by atoms with Crippen LogP contribution in [0.4, 0.5) is 5.69 Å². The van der Waals surface area contributed by atoms with Crippen LogP contribution >= 0.6 is 11.6 Å². The van der Waals surface area contributed by atoms with Gasteiger partial charge in [-0.25, -0.2) is 13.1 Å². The molecule has 0 radical (unpaired) electrons. The molecule has 2 bridgehead atoms. The Morgan fingerprint density at radius 2 is 1.82 bits per heavy atom. The summed E-state index contributed by atoms with van der Waals surface area (Å²) in [4.78, 5) is 29.4. The van der Waals surface area contributed by atoms with Crippen LogP contribution in [0.2, 0.25) is 5.02 Å². The molecule has 3 aromatic carbocycles. The van der Waals surface area contributed by atoms with Crippen molar-refractivity contribution in [3.63, 3.8) is 0 Å².